The number of para-hydroxylation sites is 1. The molecule has 0 amide bonds. The van der Waals surface area contributed by atoms with Gasteiger partial charge in [0.2, 0.25) is 0 Å². The highest BCUT2D eigenvalue weighted by atomic mass is 16.1. The number of aldehydes is 1. The molecule has 2 atom stereocenters. The van der Waals surface area contributed by atoms with E-state index in [0.717, 1.165) is 36.0 Å². The third-order valence-corrected chi connectivity index (χ3v) is 4.25. The van der Waals surface area contributed by atoms with Crippen LogP contribution in [0.4, 0.5) is 5.82 Å². The number of pyridine rings is 1. The smallest absolute Gasteiger partial charge is 0.153 e. The van der Waals surface area contributed by atoms with Crippen molar-refractivity contribution < 1.29 is 4.79 Å². The van der Waals surface area contributed by atoms with Crippen LogP contribution in [0.5, 0.6) is 0 Å². The summed E-state index contributed by atoms with van der Waals surface area (Å²) in [5.74, 6) is 1.50. The van der Waals surface area contributed by atoms with Crippen LogP contribution in [0.1, 0.15) is 37.0 Å². The van der Waals surface area contributed by atoms with Gasteiger partial charge in [-0.2, -0.15) is 0 Å². The third-order valence-electron chi connectivity index (χ3n) is 4.25. The topological polar surface area (TPSA) is 33.2 Å². The van der Waals surface area contributed by atoms with Crippen molar-refractivity contribution in [2.75, 3.05) is 11.4 Å². The third kappa shape index (κ3) is 2.28. The van der Waals surface area contributed by atoms with Gasteiger partial charge >= 0.3 is 0 Å². The summed E-state index contributed by atoms with van der Waals surface area (Å²) >= 11 is 0. The minimum atomic E-state index is 0.443. The van der Waals surface area contributed by atoms with Gasteiger partial charge in [-0.25, -0.2) is 4.98 Å². The summed E-state index contributed by atoms with van der Waals surface area (Å²) in [7, 11) is 0. The fraction of sp³-hybridized carbons (Fsp3) is 0.412. The summed E-state index contributed by atoms with van der Waals surface area (Å²) in [6.45, 7) is 5.46. The van der Waals surface area contributed by atoms with Crippen molar-refractivity contribution >= 4 is 23.0 Å². The van der Waals surface area contributed by atoms with Crippen LogP contribution < -0.4 is 4.90 Å². The van der Waals surface area contributed by atoms with E-state index in [0.29, 0.717) is 17.5 Å². The van der Waals surface area contributed by atoms with Gasteiger partial charge in [0, 0.05) is 18.0 Å². The maximum absolute atomic E-state index is 11.4. The molecule has 0 spiro atoms. The molecule has 0 aliphatic carbocycles. The fourth-order valence-corrected chi connectivity index (χ4v) is 3.02. The largest absolute Gasteiger partial charge is 0.353 e. The summed E-state index contributed by atoms with van der Waals surface area (Å²) < 4.78 is 0. The predicted octanol–water partition coefficient (Wildman–Crippen LogP) is 3.67. The van der Waals surface area contributed by atoms with Crippen molar-refractivity contribution in [2.45, 2.75) is 32.7 Å². The van der Waals surface area contributed by atoms with E-state index in [2.05, 4.69) is 18.7 Å². The minimum Gasteiger partial charge on any atom is -0.353 e. The van der Waals surface area contributed by atoms with Crippen LogP contribution in [0.25, 0.3) is 10.9 Å². The Kier molecular flexibility index (Phi) is 3.43. The SMILES string of the molecule is CC1CCC(C)N(c2nc3ccccc3cc2C=O)C1. The van der Waals surface area contributed by atoms with E-state index in [-0.39, 0.29) is 0 Å². The molecule has 1 fully saturated rings. The first-order valence-electron chi connectivity index (χ1n) is 7.30. The highest BCUT2D eigenvalue weighted by molar-refractivity contribution is 5.91. The second kappa shape index (κ2) is 5.23. The van der Waals surface area contributed by atoms with E-state index in [1.165, 1.54) is 6.42 Å². The maximum Gasteiger partial charge on any atom is 0.153 e. The summed E-state index contributed by atoms with van der Waals surface area (Å²) in [5.41, 5.74) is 1.66. The fourth-order valence-electron chi connectivity index (χ4n) is 3.02. The lowest BCUT2D eigenvalue weighted by Gasteiger charge is -2.38. The lowest BCUT2D eigenvalue weighted by atomic mass is 9.94. The van der Waals surface area contributed by atoms with Crippen molar-refractivity contribution in [3.8, 4) is 0 Å². The Balaban J connectivity index is 2.11. The number of rotatable bonds is 2. The van der Waals surface area contributed by atoms with Crippen molar-refractivity contribution in [1.29, 1.82) is 0 Å². The average molecular weight is 268 g/mol. The first-order valence-corrected chi connectivity index (χ1v) is 7.30. The van der Waals surface area contributed by atoms with Gasteiger partial charge in [-0.15, -0.1) is 0 Å². The van der Waals surface area contributed by atoms with Crippen LogP contribution in [0, 0.1) is 5.92 Å². The maximum atomic E-state index is 11.4. The Morgan fingerprint density at radius 2 is 2.05 bits per heavy atom. The lowest BCUT2D eigenvalue weighted by molar-refractivity contribution is 0.112. The highest BCUT2D eigenvalue weighted by Crippen LogP contribution is 2.30. The Morgan fingerprint density at radius 1 is 1.25 bits per heavy atom. The summed E-state index contributed by atoms with van der Waals surface area (Å²) in [4.78, 5) is 18.5. The molecule has 104 valence electrons. The monoisotopic (exact) mass is 268 g/mol. The molecule has 1 aromatic carbocycles. The van der Waals surface area contributed by atoms with Gasteiger partial charge in [0.05, 0.1) is 11.1 Å². The zero-order valence-corrected chi connectivity index (χ0v) is 12.0. The predicted molar refractivity (Wildman–Crippen MR) is 82.3 cm³/mol. The molecule has 0 bridgehead atoms. The Bertz CT molecular complexity index is 638. The zero-order chi connectivity index (χ0) is 14.1. The molecule has 1 saturated heterocycles. The molecule has 1 aliphatic rings. The van der Waals surface area contributed by atoms with Gasteiger partial charge in [0.25, 0.3) is 0 Å². The van der Waals surface area contributed by atoms with Crippen LogP contribution >= 0.6 is 0 Å². The molecular formula is C17H20N2O. The number of carbonyl (C=O) groups excluding carboxylic acids is 1. The molecule has 2 unspecified atom stereocenters. The number of hydrogen-bond acceptors (Lipinski definition) is 3. The standard InChI is InChI=1S/C17H20N2O/c1-12-7-8-13(2)19(10-12)17-15(11-20)9-14-5-3-4-6-16(14)18-17/h3-6,9,11-13H,7-8,10H2,1-2H3. The van der Waals surface area contributed by atoms with E-state index < -0.39 is 0 Å². The normalized spacial score (nSPS) is 23.0. The lowest BCUT2D eigenvalue weighted by Crippen LogP contribution is -2.42. The molecule has 2 heterocycles. The first kappa shape index (κ1) is 13.1. The Morgan fingerprint density at radius 3 is 2.85 bits per heavy atom. The van der Waals surface area contributed by atoms with Crippen LogP contribution in [0.2, 0.25) is 0 Å². The molecule has 1 aliphatic heterocycles. The molecule has 2 aromatic rings. The number of hydrogen-bond donors (Lipinski definition) is 0. The molecule has 3 rings (SSSR count). The van der Waals surface area contributed by atoms with Crippen molar-refractivity contribution in [3.63, 3.8) is 0 Å². The van der Waals surface area contributed by atoms with E-state index >= 15 is 0 Å². The Labute approximate surface area is 119 Å². The molecular weight excluding hydrogens is 248 g/mol. The Hall–Kier alpha value is -1.90. The van der Waals surface area contributed by atoms with E-state index in [9.17, 15) is 4.79 Å². The van der Waals surface area contributed by atoms with Gasteiger partial charge in [0.15, 0.2) is 6.29 Å². The van der Waals surface area contributed by atoms with E-state index in [1.807, 2.05) is 30.3 Å². The van der Waals surface area contributed by atoms with E-state index in [4.69, 9.17) is 4.98 Å². The quantitative estimate of drug-likeness (QED) is 0.779. The second-order valence-corrected chi connectivity index (χ2v) is 5.90. The van der Waals surface area contributed by atoms with Gasteiger partial charge in [-0.3, -0.25) is 4.79 Å². The molecule has 0 saturated carbocycles. The van der Waals surface area contributed by atoms with Gasteiger partial charge < -0.3 is 4.90 Å². The minimum absolute atomic E-state index is 0.443. The van der Waals surface area contributed by atoms with E-state index in [1.54, 1.807) is 0 Å². The average Bonchev–Trinajstić information content (AvgIpc) is 2.48. The van der Waals surface area contributed by atoms with Gasteiger partial charge in [-0.05, 0) is 37.8 Å². The number of carbonyl (C=O) groups is 1. The molecule has 1 aromatic heterocycles. The summed E-state index contributed by atoms with van der Waals surface area (Å²) in [5, 5.41) is 1.02. The van der Waals surface area contributed by atoms with Gasteiger partial charge in [-0.1, -0.05) is 25.1 Å². The highest BCUT2D eigenvalue weighted by Gasteiger charge is 2.26. The van der Waals surface area contributed by atoms with Gasteiger partial charge in [0.1, 0.15) is 5.82 Å². The number of anilines is 1. The van der Waals surface area contributed by atoms with Crippen LogP contribution in [0.3, 0.4) is 0 Å². The number of aromatic nitrogens is 1. The van der Waals surface area contributed by atoms with Crippen LogP contribution in [0.15, 0.2) is 30.3 Å². The summed E-state index contributed by atoms with van der Waals surface area (Å²) in [6, 6.07) is 10.4. The van der Waals surface area contributed by atoms with Crippen molar-refractivity contribution in [1.82, 2.24) is 4.98 Å². The molecule has 3 heteroatoms. The second-order valence-electron chi connectivity index (χ2n) is 5.90. The number of nitrogens with zero attached hydrogens (tertiary/aromatic N) is 2. The zero-order valence-electron chi connectivity index (χ0n) is 12.0. The number of fused-ring (bicyclic) bond motifs is 1. The van der Waals surface area contributed by atoms with Crippen molar-refractivity contribution in [2.24, 2.45) is 5.92 Å². The number of benzene rings is 1. The first-order chi connectivity index (χ1) is 9.69. The summed E-state index contributed by atoms with van der Waals surface area (Å²) in [6.07, 6.45) is 3.34. The molecule has 3 nitrogen and oxygen atoms in total. The molecule has 0 radical (unpaired) electrons. The van der Waals surface area contributed by atoms with Crippen LogP contribution in [-0.2, 0) is 0 Å². The molecule has 0 N–H and O–H groups in total. The van der Waals surface area contributed by atoms with Crippen LogP contribution in [-0.4, -0.2) is 23.9 Å². The number of piperidine rings is 1. The molecule has 20 heavy (non-hydrogen) atoms. The van der Waals surface area contributed by atoms with Crippen molar-refractivity contribution in [3.05, 3.63) is 35.9 Å².